The minimum absolute atomic E-state index is 0.0138. The normalized spacial score (nSPS) is 20.4. The second-order valence-corrected chi connectivity index (χ2v) is 6.26. The SMILES string of the molecule is Cc1ccccc1-c1noc(C2CC(c3ccccc3C)NN2)n1. The Labute approximate surface area is 141 Å². The lowest BCUT2D eigenvalue weighted by Gasteiger charge is -2.12. The highest BCUT2D eigenvalue weighted by Gasteiger charge is 2.31. The highest BCUT2D eigenvalue weighted by atomic mass is 16.5. The molecule has 0 radical (unpaired) electrons. The molecule has 2 aromatic carbocycles. The Morgan fingerprint density at radius 2 is 1.62 bits per heavy atom. The van der Waals surface area contributed by atoms with Crippen molar-refractivity contribution in [3.8, 4) is 11.4 Å². The molecule has 0 spiro atoms. The second kappa shape index (κ2) is 6.19. The maximum atomic E-state index is 5.51. The minimum atomic E-state index is 0.0138. The average Bonchev–Trinajstić information content (AvgIpc) is 3.25. The van der Waals surface area contributed by atoms with Gasteiger partial charge in [0.05, 0.1) is 0 Å². The summed E-state index contributed by atoms with van der Waals surface area (Å²) < 4.78 is 5.51. The topological polar surface area (TPSA) is 63.0 Å². The smallest absolute Gasteiger partial charge is 0.245 e. The predicted molar refractivity (Wildman–Crippen MR) is 92.0 cm³/mol. The molecule has 2 N–H and O–H groups in total. The van der Waals surface area contributed by atoms with Crippen LogP contribution in [0, 0.1) is 13.8 Å². The number of rotatable bonds is 3. The van der Waals surface area contributed by atoms with Crippen LogP contribution in [0.3, 0.4) is 0 Å². The fourth-order valence-electron chi connectivity index (χ4n) is 3.21. The van der Waals surface area contributed by atoms with Crippen molar-refractivity contribution >= 4 is 0 Å². The van der Waals surface area contributed by atoms with E-state index in [0.717, 1.165) is 17.5 Å². The van der Waals surface area contributed by atoms with Gasteiger partial charge in [0.15, 0.2) is 0 Å². The first kappa shape index (κ1) is 15.1. The zero-order valence-corrected chi connectivity index (χ0v) is 13.8. The van der Waals surface area contributed by atoms with Gasteiger partial charge in [0.1, 0.15) is 6.04 Å². The van der Waals surface area contributed by atoms with Gasteiger partial charge < -0.3 is 4.52 Å². The molecular formula is C19H20N4O. The fourth-order valence-corrected chi connectivity index (χ4v) is 3.21. The van der Waals surface area contributed by atoms with E-state index in [4.69, 9.17) is 4.52 Å². The predicted octanol–water partition coefficient (Wildman–Crippen LogP) is 3.63. The summed E-state index contributed by atoms with van der Waals surface area (Å²) in [5.41, 5.74) is 11.4. The minimum Gasteiger partial charge on any atom is -0.337 e. The van der Waals surface area contributed by atoms with Crippen molar-refractivity contribution in [2.45, 2.75) is 32.4 Å². The van der Waals surface area contributed by atoms with E-state index >= 15 is 0 Å². The van der Waals surface area contributed by atoms with Gasteiger partial charge in [0.25, 0.3) is 0 Å². The van der Waals surface area contributed by atoms with Gasteiger partial charge in [-0.1, -0.05) is 53.7 Å². The van der Waals surface area contributed by atoms with Gasteiger partial charge in [0.2, 0.25) is 11.7 Å². The van der Waals surface area contributed by atoms with E-state index in [1.807, 2.05) is 18.2 Å². The number of hydrogen-bond donors (Lipinski definition) is 2. The van der Waals surface area contributed by atoms with Gasteiger partial charge in [-0.3, -0.25) is 0 Å². The maximum Gasteiger partial charge on any atom is 0.245 e. The Balaban J connectivity index is 1.54. The van der Waals surface area contributed by atoms with Crippen LogP contribution >= 0.6 is 0 Å². The van der Waals surface area contributed by atoms with Crippen molar-refractivity contribution in [1.29, 1.82) is 0 Å². The van der Waals surface area contributed by atoms with Crippen LogP contribution in [0.4, 0.5) is 0 Å². The van der Waals surface area contributed by atoms with E-state index in [0.29, 0.717) is 11.7 Å². The van der Waals surface area contributed by atoms with E-state index < -0.39 is 0 Å². The van der Waals surface area contributed by atoms with Crippen LogP contribution in [0.25, 0.3) is 11.4 Å². The highest BCUT2D eigenvalue weighted by Crippen LogP contribution is 2.32. The monoisotopic (exact) mass is 320 g/mol. The zero-order valence-electron chi connectivity index (χ0n) is 13.8. The summed E-state index contributed by atoms with van der Waals surface area (Å²) in [6.45, 7) is 4.18. The summed E-state index contributed by atoms with van der Waals surface area (Å²) in [5.74, 6) is 1.26. The molecule has 1 saturated heterocycles. The van der Waals surface area contributed by atoms with Gasteiger partial charge in [-0.25, -0.2) is 10.9 Å². The van der Waals surface area contributed by atoms with Crippen LogP contribution < -0.4 is 10.9 Å². The largest absolute Gasteiger partial charge is 0.337 e. The van der Waals surface area contributed by atoms with Crippen LogP contribution in [0.15, 0.2) is 53.1 Å². The second-order valence-electron chi connectivity index (χ2n) is 6.26. The van der Waals surface area contributed by atoms with E-state index in [-0.39, 0.29) is 12.1 Å². The van der Waals surface area contributed by atoms with Crippen molar-refractivity contribution in [2.24, 2.45) is 0 Å². The molecule has 1 aromatic heterocycles. The number of aromatic nitrogens is 2. The first-order valence-electron chi connectivity index (χ1n) is 8.18. The molecule has 1 aliphatic rings. The van der Waals surface area contributed by atoms with Crippen molar-refractivity contribution in [2.75, 3.05) is 0 Å². The van der Waals surface area contributed by atoms with Crippen LogP contribution in [0.2, 0.25) is 0 Å². The number of hydrogen-bond acceptors (Lipinski definition) is 5. The summed E-state index contributed by atoms with van der Waals surface area (Å²) >= 11 is 0. The molecule has 2 atom stereocenters. The van der Waals surface area contributed by atoms with E-state index in [1.54, 1.807) is 0 Å². The van der Waals surface area contributed by atoms with Crippen LogP contribution in [0.1, 0.15) is 41.1 Å². The number of nitrogens with zero attached hydrogens (tertiary/aromatic N) is 2. The van der Waals surface area contributed by atoms with Crippen LogP contribution in [-0.4, -0.2) is 10.1 Å². The van der Waals surface area contributed by atoms with E-state index in [2.05, 4.69) is 65.2 Å². The van der Waals surface area contributed by atoms with E-state index in [9.17, 15) is 0 Å². The van der Waals surface area contributed by atoms with Crippen LogP contribution in [-0.2, 0) is 0 Å². The molecule has 2 unspecified atom stereocenters. The van der Waals surface area contributed by atoms with Crippen molar-refractivity contribution < 1.29 is 4.52 Å². The summed E-state index contributed by atoms with van der Waals surface area (Å²) in [5, 5.41) is 4.15. The number of benzene rings is 2. The lowest BCUT2D eigenvalue weighted by atomic mass is 9.98. The molecule has 2 heterocycles. The fraction of sp³-hybridized carbons (Fsp3) is 0.263. The van der Waals surface area contributed by atoms with E-state index in [1.165, 1.54) is 11.1 Å². The molecule has 5 nitrogen and oxygen atoms in total. The van der Waals surface area contributed by atoms with Gasteiger partial charge in [-0.15, -0.1) is 0 Å². The third-order valence-electron chi connectivity index (χ3n) is 4.59. The summed E-state index contributed by atoms with van der Waals surface area (Å²) in [7, 11) is 0. The third-order valence-corrected chi connectivity index (χ3v) is 4.59. The standard InChI is InChI=1S/C19H20N4O/c1-12-7-3-5-9-14(12)16-11-17(22-21-16)19-20-18(23-24-19)15-10-6-4-8-13(15)2/h3-10,16-17,21-22H,11H2,1-2H3. The number of nitrogens with one attached hydrogen (secondary N) is 2. The molecule has 1 aliphatic heterocycles. The van der Waals surface area contributed by atoms with Gasteiger partial charge in [-0.05, 0) is 37.0 Å². The van der Waals surface area contributed by atoms with Crippen molar-refractivity contribution in [3.63, 3.8) is 0 Å². The van der Waals surface area contributed by atoms with Crippen LogP contribution in [0.5, 0.6) is 0 Å². The Morgan fingerprint density at radius 1 is 0.917 bits per heavy atom. The summed E-state index contributed by atoms with van der Waals surface area (Å²) in [6.07, 6.45) is 0.875. The molecule has 122 valence electrons. The molecule has 0 amide bonds. The molecule has 24 heavy (non-hydrogen) atoms. The molecule has 4 rings (SSSR count). The first-order valence-corrected chi connectivity index (χ1v) is 8.18. The van der Waals surface area contributed by atoms with Crippen molar-refractivity contribution in [1.82, 2.24) is 21.0 Å². The molecule has 0 bridgehead atoms. The molecule has 3 aromatic rings. The number of hydrazine groups is 1. The first-order chi connectivity index (χ1) is 11.7. The number of aryl methyl sites for hydroxylation is 2. The molecule has 0 aliphatic carbocycles. The maximum absolute atomic E-state index is 5.51. The lowest BCUT2D eigenvalue weighted by molar-refractivity contribution is 0.340. The Kier molecular flexibility index (Phi) is 3.88. The summed E-state index contributed by atoms with van der Waals surface area (Å²) in [6, 6.07) is 16.7. The Hall–Kier alpha value is -2.50. The Morgan fingerprint density at radius 3 is 2.42 bits per heavy atom. The zero-order chi connectivity index (χ0) is 16.5. The average molecular weight is 320 g/mol. The lowest BCUT2D eigenvalue weighted by Crippen LogP contribution is -2.27. The quantitative estimate of drug-likeness (QED) is 0.771. The molecule has 5 heteroatoms. The summed E-state index contributed by atoms with van der Waals surface area (Å²) in [4.78, 5) is 4.59. The molecular weight excluding hydrogens is 300 g/mol. The van der Waals surface area contributed by atoms with Gasteiger partial charge in [0, 0.05) is 11.6 Å². The van der Waals surface area contributed by atoms with Gasteiger partial charge >= 0.3 is 0 Å². The molecule has 0 saturated carbocycles. The van der Waals surface area contributed by atoms with Crippen molar-refractivity contribution in [3.05, 3.63) is 71.1 Å². The molecule has 1 fully saturated rings. The van der Waals surface area contributed by atoms with Gasteiger partial charge in [-0.2, -0.15) is 4.98 Å². The highest BCUT2D eigenvalue weighted by molar-refractivity contribution is 5.59. The Bertz CT molecular complexity index is 858. The third kappa shape index (κ3) is 2.72.